The highest BCUT2D eigenvalue weighted by Gasteiger charge is 2.38. The van der Waals surface area contributed by atoms with Gasteiger partial charge in [-0.15, -0.1) is 0 Å². The van der Waals surface area contributed by atoms with Crippen molar-refractivity contribution < 1.29 is 31.5 Å². The number of benzene rings is 2. The summed E-state index contributed by atoms with van der Waals surface area (Å²) in [7, 11) is -0.628. The van der Waals surface area contributed by atoms with Crippen molar-refractivity contribution in [3.05, 3.63) is 53.1 Å². The van der Waals surface area contributed by atoms with Gasteiger partial charge in [0.05, 0.1) is 21.6 Å². The fraction of sp³-hybridized carbons (Fsp3) is 0.480. The number of nitrogens with zero attached hydrogens (tertiary/aromatic N) is 1. The van der Waals surface area contributed by atoms with E-state index in [0.29, 0.717) is 31.7 Å². The topological polar surface area (TPSA) is 97.0 Å². The summed E-state index contributed by atoms with van der Waals surface area (Å²) in [6.07, 6.45) is 2.43. The fourth-order valence-corrected chi connectivity index (χ4v) is 5.22. The molecule has 1 amide bonds. The molecule has 0 aromatic heterocycles. The van der Waals surface area contributed by atoms with Crippen LogP contribution in [0.3, 0.4) is 0 Å². The van der Waals surface area contributed by atoms with Gasteiger partial charge >= 0.3 is 0 Å². The van der Waals surface area contributed by atoms with Crippen LogP contribution in [0.1, 0.15) is 32.6 Å². The van der Waals surface area contributed by atoms with Crippen molar-refractivity contribution in [3.8, 4) is 5.75 Å². The van der Waals surface area contributed by atoms with Gasteiger partial charge < -0.3 is 19.7 Å². The highest BCUT2D eigenvalue weighted by molar-refractivity contribution is 7.90. The monoisotopic (exact) mass is 559 g/mol. The van der Waals surface area contributed by atoms with Gasteiger partial charge in [0, 0.05) is 6.61 Å². The van der Waals surface area contributed by atoms with Crippen molar-refractivity contribution in [2.24, 2.45) is 0 Å². The molecule has 1 aliphatic rings. The minimum absolute atomic E-state index is 0.0963. The molecule has 1 fully saturated rings. The molecule has 0 unspecified atom stereocenters. The summed E-state index contributed by atoms with van der Waals surface area (Å²) in [5, 5.41) is 2.82. The van der Waals surface area contributed by atoms with E-state index in [9.17, 15) is 17.6 Å². The summed E-state index contributed by atoms with van der Waals surface area (Å²) < 4.78 is 67.2. The Hall–Kier alpha value is -2.47. The summed E-state index contributed by atoms with van der Waals surface area (Å²) in [6, 6.07) is 6.98. The van der Waals surface area contributed by atoms with E-state index in [1.165, 1.54) is 31.2 Å². The fourth-order valence-electron chi connectivity index (χ4n) is 3.79. The largest absolute Gasteiger partial charge is 0.491 e. The molecule has 2 aromatic carbocycles. The summed E-state index contributed by atoms with van der Waals surface area (Å²) in [5.41, 5.74) is -1.37. The standard InChI is InChI=1S/C25H32ClF2N3O5S/c1-25(11-4-5-13-36-25)24(32)30-37(33,34)20-14-21(26)23(22(28)15-20)29-18(10-12-31(2)3)16-35-19-8-6-17(27)7-9-19/h6-9,14-15,18,29H,4-5,10-13,16H2,1-3H3,(H,30,32)/t18-,25-/m1/s1. The van der Waals surface area contributed by atoms with Crippen LogP contribution >= 0.6 is 11.6 Å². The highest BCUT2D eigenvalue weighted by Crippen LogP contribution is 2.31. The van der Waals surface area contributed by atoms with Gasteiger partial charge in [-0.1, -0.05) is 11.6 Å². The molecule has 1 heterocycles. The molecule has 12 heteroatoms. The predicted molar refractivity (Wildman–Crippen MR) is 137 cm³/mol. The van der Waals surface area contributed by atoms with E-state index in [1.807, 2.05) is 23.7 Å². The van der Waals surface area contributed by atoms with Crippen molar-refractivity contribution >= 4 is 33.2 Å². The molecule has 1 aliphatic heterocycles. The second-order valence-electron chi connectivity index (χ2n) is 9.43. The third-order valence-electron chi connectivity index (χ3n) is 6.04. The van der Waals surface area contributed by atoms with Crippen LogP contribution in [-0.2, 0) is 19.6 Å². The molecule has 2 aromatic rings. The lowest BCUT2D eigenvalue weighted by molar-refractivity contribution is -0.148. The van der Waals surface area contributed by atoms with Gasteiger partial charge in [0.2, 0.25) is 0 Å². The van der Waals surface area contributed by atoms with Gasteiger partial charge in [-0.2, -0.15) is 0 Å². The Kier molecular flexibility index (Phi) is 9.74. The van der Waals surface area contributed by atoms with E-state index < -0.39 is 44.1 Å². The van der Waals surface area contributed by atoms with E-state index in [-0.39, 0.29) is 17.3 Å². The highest BCUT2D eigenvalue weighted by atomic mass is 35.5. The Morgan fingerprint density at radius 1 is 1.22 bits per heavy atom. The van der Waals surface area contributed by atoms with Gasteiger partial charge in [0.15, 0.2) is 0 Å². The molecule has 0 radical (unpaired) electrons. The molecule has 0 aliphatic carbocycles. The predicted octanol–water partition coefficient (Wildman–Crippen LogP) is 4.19. The van der Waals surface area contributed by atoms with Crippen molar-refractivity contribution in [2.45, 2.75) is 49.1 Å². The molecular formula is C25H32ClF2N3O5S. The zero-order chi connectivity index (χ0) is 27.2. The average molecular weight is 560 g/mol. The first-order valence-electron chi connectivity index (χ1n) is 11.9. The SMILES string of the molecule is CN(C)CC[C@H](COc1ccc(F)cc1)Nc1c(F)cc(S(=O)(=O)NC(=O)[C@@]2(C)CCCCO2)cc1Cl. The molecule has 0 bridgehead atoms. The molecule has 0 spiro atoms. The minimum atomic E-state index is -4.40. The Balaban J connectivity index is 1.75. The number of hydrogen-bond donors (Lipinski definition) is 2. The second kappa shape index (κ2) is 12.4. The maximum absolute atomic E-state index is 15.1. The van der Waals surface area contributed by atoms with E-state index in [1.54, 1.807) is 0 Å². The van der Waals surface area contributed by atoms with Crippen molar-refractivity contribution in [1.82, 2.24) is 9.62 Å². The number of carbonyl (C=O) groups is 1. The molecule has 0 saturated carbocycles. The normalized spacial score (nSPS) is 18.9. The van der Waals surface area contributed by atoms with Gasteiger partial charge in [-0.25, -0.2) is 21.9 Å². The zero-order valence-electron chi connectivity index (χ0n) is 21.0. The Bertz CT molecular complexity index is 1170. The first-order chi connectivity index (χ1) is 17.4. The summed E-state index contributed by atoms with van der Waals surface area (Å²) in [5.74, 6) is -1.67. The van der Waals surface area contributed by atoms with Crippen molar-refractivity contribution in [3.63, 3.8) is 0 Å². The lowest BCUT2D eigenvalue weighted by Crippen LogP contribution is -2.50. The van der Waals surface area contributed by atoms with Crippen molar-refractivity contribution in [2.75, 3.05) is 39.2 Å². The molecular weight excluding hydrogens is 528 g/mol. The number of hydrogen-bond acceptors (Lipinski definition) is 7. The van der Waals surface area contributed by atoms with Crippen molar-refractivity contribution in [1.29, 1.82) is 0 Å². The van der Waals surface area contributed by atoms with Crippen LogP contribution < -0.4 is 14.8 Å². The third-order valence-corrected chi connectivity index (χ3v) is 7.65. The molecule has 2 atom stereocenters. The number of rotatable bonds is 11. The number of sulfonamides is 1. The Morgan fingerprint density at radius 2 is 1.92 bits per heavy atom. The molecule has 1 saturated heterocycles. The average Bonchev–Trinajstić information content (AvgIpc) is 2.83. The molecule has 2 N–H and O–H groups in total. The molecule has 204 valence electrons. The smallest absolute Gasteiger partial charge is 0.265 e. The number of carbonyl (C=O) groups excluding carboxylic acids is 1. The van der Waals surface area contributed by atoms with Gasteiger partial charge in [0.25, 0.3) is 15.9 Å². The number of nitrogens with one attached hydrogen (secondary N) is 2. The van der Waals surface area contributed by atoms with Crippen LogP contribution in [0.4, 0.5) is 14.5 Å². The molecule has 3 rings (SSSR count). The Morgan fingerprint density at radius 3 is 2.51 bits per heavy atom. The van der Waals surface area contributed by atoms with Crippen LogP contribution in [0.5, 0.6) is 5.75 Å². The molecule has 37 heavy (non-hydrogen) atoms. The first-order valence-corrected chi connectivity index (χ1v) is 13.8. The maximum atomic E-state index is 15.1. The van der Waals surface area contributed by atoms with Crippen LogP contribution in [0.25, 0.3) is 0 Å². The van der Waals surface area contributed by atoms with Crippen LogP contribution in [0, 0.1) is 11.6 Å². The van der Waals surface area contributed by atoms with E-state index in [0.717, 1.165) is 25.0 Å². The summed E-state index contributed by atoms with van der Waals surface area (Å²) in [4.78, 5) is 14.1. The second-order valence-corrected chi connectivity index (χ2v) is 11.5. The van der Waals surface area contributed by atoms with Gasteiger partial charge in [-0.05, 0) is 89.6 Å². The summed E-state index contributed by atoms with van der Waals surface area (Å²) >= 11 is 6.30. The van der Waals surface area contributed by atoms with E-state index in [4.69, 9.17) is 21.1 Å². The lowest BCUT2D eigenvalue weighted by Gasteiger charge is -2.32. The number of ether oxygens (including phenoxy) is 2. The quantitative estimate of drug-likeness (QED) is 0.426. The number of amides is 1. The summed E-state index contributed by atoms with van der Waals surface area (Å²) in [6.45, 7) is 2.64. The number of anilines is 1. The Labute approximate surface area is 221 Å². The van der Waals surface area contributed by atoms with E-state index >= 15 is 4.39 Å². The van der Waals surface area contributed by atoms with E-state index in [2.05, 4.69) is 5.32 Å². The van der Waals surface area contributed by atoms with Gasteiger partial charge in [0.1, 0.15) is 29.6 Å². The van der Waals surface area contributed by atoms with Crippen LogP contribution in [0.2, 0.25) is 5.02 Å². The maximum Gasteiger partial charge on any atom is 0.265 e. The van der Waals surface area contributed by atoms with Crippen LogP contribution in [-0.4, -0.2) is 64.7 Å². The number of halogens is 3. The zero-order valence-corrected chi connectivity index (χ0v) is 22.6. The van der Waals surface area contributed by atoms with Crippen LogP contribution in [0.15, 0.2) is 41.3 Å². The first kappa shape index (κ1) is 29.1. The van der Waals surface area contributed by atoms with Gasteiger partial charge in [-0.3, -0.25) is 4.79 Å². The minimum Gasteiger partial charge on any atom is -0.491 e. The third kappa shape index (κ3) is 8.00. The molecule has 8 nitrogen and oxygen atoms in total. The lowest BCUT2D eigenvalue weighted by atomic mass is 9.95.